The molecule has 0 aliphatic carbocycles. The van der Waals surface area contributed by atoms with Crippen molar-refractivity contribution in [1.82, 2.24) is 9.55 Å². The van der Waals surface area contributed by atoms with Crippen molar-refractivity contribution >= 4 is 50.7 Å². The number of aryl methyl sites for hydroxylation is 1. The van der Waals surface area contributed by atoms with Crippen LogP contribution in [0.2, 0.25) is 10.0 Å². The number of hydrogen-bond acceptors (Lipinski definition) is 4. The van der Waals surface area contributed by atoms with E-state index in [2.05, 4.69) is 4.98 Å². The molecule has 0 saturated carbocycles. The number of benzene rings is 1. The lowest BCUT2D eigenvalue weighted by Gasteiger charge is -2.11. The highest BCUT2D eigenvalue weighted by Gasteiger charge is 2.17. The van der Waals surface area contributed by atoms with Crippen molar-refractivity contribution in [3.63, 3.8) is 0 Å². The van der Waals surface area contributed by atoms with E-state index in [9.17, 15) is 9.59 Å². The van der Waals surface area contributed by atoms with Crippen LogP contribution in [0.3, 0.4) is 0 Å². The van der Waals surface area contributed by atoms with Gasteiger partial charge in [-0.05, 0) is 24.1 Å². The maximum absolute atomic E-state index is 13.2. The van der Waals surface area contributed by atoms with Gasteiger partial charge in [0.2, 0.25) is 5.91 Å². The smallest absolute Gasteiger partial charge is 0.262 e. The minimum Gasteiger partial charge on any atom is -0.370 e. The molecular formula is C18H17Cl2N3O2S. The molecule has 5 nitrogen and oxygen atoms in total. The van der Waals surface area contributed by atoms with E-state index in [1.54, 1.807) is 16.7 Å². The lowest BCUT2D eigenvalue weighted by atomic mass is 10.1. The van der Waals surface area contributed by atoms with Gasteiger partial charge in [-0.25, -0.2) is 4.98 Å². The van der Waals surface area contributed by atoms with Gasteiger partial charge in [0.1, 0.15) is 10.7 Å². The molecule has 2 N–H and O–H groups in total. The number of fused-ring (bicyclic) bond motifs is 1. The molecule has 8 heteroatoms. The Kier molecular flexibility index (Phi) is 5.65. The highest BCUT2D eigenvalue weighted by atomic mass is 35.5. The van der Waals surface area contributed by atoms with E-state index in [-0.39, 0.29) is 18.5 Å². The number of carbonyl (C=O) groups is 1. The Bertz CT molecular complexity index is 1040. The third-order valence-electron chi connectivity index (χ3n) is 4.06. The summed E-state index contributed by atoms with van der Waals surface area (Å²) < 4.78 is 1.56. The van der Waals surface area contributed by atoms with Crippen molar-refractivity contribution < 1.29 is 4.79 Å². The molecule has 1 amide bonds. The fourth-order valence-electron chi connectivity index (χ4n) is 2.81. The molecule has 0 spiro atoms. The number of carbonyl (C=O) groups excluding carboxylic acids is 1. The van der Waals surface area contributed by atoms with Crippen LogP contribution >= 0.6 is 34.5 Å². The van der Waals surface area contributed by atoms with E-state index in [0.29, 0.717) is 32.5 Å². The highest BCUT2D eigenvalue weighted by molar-refractivity contribution is 7.17. The molecule has 136 valence electrons. The fraction of sp³-hybridized carbons (Fsp3) is 0.278. The Hall–Kier alpha value is -1.89. The predicted octanol–water partition coefficient (Wildman–Crippen LogP) is 4.26. The van der Waals surface area contributed by atoms with Crippen LogP contribution in [0.1, 0.15) is 25.6 Å². The topological polar surface area (TPSA) is 78.0 Å². The van der Waals surface area contributed by atoms with Gasteiger partial charge in [0.25, 0.3) is 5.56 Å². The average molecular weight is 410 g/mol. The molecule has 0 saturated heterocycles. The van der Waals surface area contributed by atoms with Crippen molar-refractivity contribution in [2.45, 2.75) is 32.7 Å². The van der Waals surface area contributed by atoms with Gasteiger partial charge in [0.15, 0.2) is 0 Å². The van der Waals surface area contributed by atoms with Crippen molar-refractivity contribution in [2.75, 3.05) is 0 Å². The molecule has 0 fully saturated rings. The van der Waals surface area contributed by atoms with Gasteiger partial charge in [-0.1, -0.05) is 36.2 Å². The number of nitrogens with two attached hydrogens (primary N) is 1. The van der Waals surface area contributed by atoms with Gasteiger partial charge in [0.05, 0.1) is 15.4 Å². The summed E-state index contributed by atoms with van der Waals surface area (Å²) in [4.78, 5) is 29.7. The van der Waals surface area contributed by atoms with Crippen LogP contribution in [0.15, 0.2) is 28.4 Å². The number of thiophene rings is 1. The molecule has 2 heterocycles. The minimum absolute atomic E-state index is 0.0933. The van der Waals surface area contributed by atoms with Crippen LogP contribution in [0.5, 0.6) is 0 Å². The van der Waals surface area contributed by atoms with Crippen LogP contribution in [-0.2, 0) is 17.8 Å². The molecule has 0 aliphatic rings. The van der Waals surface area contributed by atoms with Crippen LogP contribution in [0.25, 0.3) is 21.3 Å². The summed E-state index contributed by atoms with van der Waals surface area (Å²) in [7, 11) is 0. The van der Waals surface area contributed by atoms with Crippen LogP contribution in [-0.4, -0.2) is 15.5 Å². The molecule has 2 aromatic heterocycles. The normalized spacial score (nSPS) is 11.2. The average Bonchev–Trinajstić information content (AvgIpc) is 3.01. The Morgan fingerprint density at radius 3 is 2.73 bits per heavy atom. The largest absolute Gasteiger partial charge is 0.370 e. The predicted molar refractivity (Wildman–Crippen MR) is 107 cm³/mol. The zero-order chi connectivity index (χ0) is 18.8. The van der Waals surface area contributed by atoms with E-state index >= 15 is 0 Å². The number of primary amides is 1. The molecule has 0 unspecified atom stereocenters. The molecule has 0 bridgehead atoms. The van der Waals surface area contributed by atoms with Crippen LogP contribution < -0.4 is 11.3 Å². The molecule has 0 aliphatic heterocycles. The zero-order valence-electron chi connectivity index (χ0n) is 14.1. The lowest BCUT2D eigenvalue weighted by Crippen LogP contribution is -2.27. The molecule has 1 aromatic carbocycles. The Labute approximate surface area is 164 Å². The minimum atomic E-state index is -0.450. The van der Waals surface area contributed by atoms with Crippen molar-refractivity contribution in [1.29, 1.82) is 0 Å². The number of amides is 1. The summed E-state index contributed by atoms with van der Waals surface area (Å²) in [6, 6.07) is 5.26. The van der Waals surface area contributed by atoms with Gasteiger partial charge < -0.3 is 5.73 Å². The van der Waals surface area contributed by atoms with Gasteiger partial charge in [-0.3, -0.25) is 14.2 Å². The maximum atomic E-state index is 13.2. The SMILES string of the molecule is CCCc1nc2scc(-c3ccc(Cl)c(Cl)c3)c2c(=O)n1CCC(N)=O. The number of nitrogens with zero attached hydrogens (tertiary/aromatic N) is 2. The van der Waals surface area contributed by atoms with Gasteiger partial charge in [-0.15, -0.1) is 11.3 Å². The zero-order valence-corrected chi connectivity index (χ0v) is 16.4. The summed E-state index contributed by atoms with van der Waals surface area (Å²) in [5, 5.41) is 3.30. The highest BCUT2D eigenvalue weighted by Crippen LogP contribution is 2.34. The monoisotopic (exact) mass is 409 g/mol. The maximum Gasteiger partial charge on any atom is 0.262 e. The Balaban J connectivity index is 2.21. The summed E-state index contributed by atoms with van der Waals surface area (Å²) in [6.07, 6.45) is 1.60. The fourth-order valence-corrected chi connectivity index (χ4v) is 4.06. The number of rotatable bonds is 6. The number of aromatic nitrogens is 2. The standard InChI is InChI=1S/C18H17Cl2N3O2S/c1-2-3-15-22-17-16(18(25)23(15)7-6-14(21)24)11(9-26-17)10-4-5-12(19)13(20)8-10/h4-5,8-9H,2-3,6-7H2,1H3,(H2,21,24). The summed E-state index contributed by atoms with van der Waals surface area (Å²) in [6.45, 7) is 2.24. The van der Waals surface area contributed by atoms with Gasteiger partial charge in [0, 0.05) is 30.3 Å². The van der Waals surface area contributed by atoms with Crippen molar-refractivity contribution in [3.05, 3.63) is 49.8 Å². The first-order valence-electron chi connectivity index (χ1n) is 8.17. The van der Waals surface area contributed by atoms with E-state index in [0.717, 1.165) is 17.5 Å². The second kappa shape index (κ2) is 7.78. The molecule has 26 heavy (non-hydrogen) atoms. The quantitative estimate of drug-likeness (QED) is 0.660. The first-order chi connectivity index (χ1) is 12.4. The summed E-state index contributed by atoms with van der Waals surface area (Å²) in [5.74, 6) is 0.225. The van der Waals surface area contributed by atoms with Gasteiger partial charge >= 0.3 is 0 Å². The van der Waals surface area contributed by atoms with Crippen LogP contribution in [0, 0.1) is 0 Å². The third kappa shape index (κ3) is 3.63. The summed E-state index contributed by atoms with van der Waals surface area (Å²) in [5.41, 5.74) is 6.66. The number of halogens is 2. The summed E-state index contributed by atoms with van der Waals surface area (Å²) >= 11 is 13.5. The van der Waals surface area contributed by atoms with E-state index in [4.69, 9.17) is 28.9 Å². The van der Waals surface area contributed by atoms with E-state index in [1.165, 1.54) is 11.3 Å². The number of hydrogen-bond donors (Lipinski definition) is 1. The first-order valence-corrected chi connectivity index (χ1v) is 9.80. The van der Waals surface area contributed by atoms with Crippen LogP contribution in [0.4, 0.5) is 0 Å². The Morgan fingerprint density at radius 1 is 1.31 bits per heavy atom. The van der Waals surface area contributed by atoms with Crippen molar-refractivity contribution in [2.24, 2.45) is 5.73 Å². The second-order valence-corrected chi connectivity index (χ2v) is 7.58. The molecule has 0 atom stereocenters. The third-order valence-corrected chi connectivity index (χ3v) is 5.67. The molecular weight excluding hydrogens is 393 g/mol. The lowest BCUT2D eigenvalue weighted by molar-refractivity contribution is -0.118. The first kappa shape index (κ1) is 18.9. The van der Waals surface area contributed by atoms with E-state index < -0.39 is 5.91 Å². The van der Waals surface area contributed by atoms with Gasteiger partial charge in [-0.2, -0.15) is 0 Å². The molecule has 3 aromatic rings. The van der Waals surface area contributed by atoms with E-state index in [1.807, 2.05) is 18.4 Å². The van der Waals surface area contributed by atoms with Crippen molar-refractivity contribution in [3.8, 4) is 11.1 Å². The second-order valence-electron chi connectivity index (χ2n) is 5.91. The molecule has 3 rings (SSSR count). The Morgan fingerprint density at radius 2 is 2.08 bits per heavy atom. The molecule has 0 radical (unpaired) electrons.